The van der Waals surface area contributed by atoms with Crippen LogP contribution >= 0.6 is 0 Å². The maximum atomic E-state index is 13.3. The van der Waals surface area contributed by atoms with Gasteiger partial charge in [0.05, 0.1) is 25.8 Å². The number of fused-ring (bicyclic) bond motifs is 1. The van der Waals surface area contributed by atoms with Crippen LogP contribution in [-0.2, 0) is 0 Å². The Balaban J connectivity index is 1.44. The molecule has 8 nitrogen and oxygen atoms in total. The normalized spacial score (nSPS) is 21.4. The molecule has 1 saturated heterocycles. The van der Waals surface area contributed by atoms with E-state index in [9.17, 15) is 4.79 Å². The van der Waals surface area contributed by atoms with Gasteiger partial charge in [-0.1, -0.05) is 24.3 Å². The summed E-state index contributed by atoms with van der Waals surface area (Å²) in [5.41, 5.74) is 2.20. The Labute approximate surface area is 205 Å². The van der Waals surface area contributed by atoms with Crippen molar-refractivity contribution >= 4 is 17.4 Å². The minimum atomic E-state index is -0.237. The van der Waals surface area contributed by atoms with Gasteiger partial charge < -0.3 is 25.0 Å². The highest BCUT2D eigenvalue weighted by atomic mass is 16.5. The lowest BCUT2D eigenvalue weighted by molar-refractivity contribution is 0.102. The molecule has 182 valence electrons. The van der Waals surface area contributed by atoms with E-state index >= 15 is 0 Å². The number of hydrogen-bond donors (Lipinski definition) is 2. The Morgan fingerprint density at radius 1 is 1.11 bits per heavy atom. The highest BCUT2D eigenvalue weighted by molar-refractivity contribution is 6.07. The third-order valence-corrected chi connectivity index (χ3v) is 6.70. The Hall–Kier alpha value is -3.62. The molecule has 0 bridgehead atoms. The first kappa shape index (κ1) is 23.1. The van der Waals surface area contributed by atoms with Crippen molar-refractivity contribution < 1.29 is 14.3 Å². The number of para-hydroxylation sites is 1. The standard InChI is InChI=1S/C27H31N5O3/c1-34-19-10-11-21(24(17-19)35-2)27(33)29-22-8-4-3-7-20(22)26-23(18-31-15-12-28-13-16-31)32-14-6-5-9-25(32)30-26/h3-11,14,17,23,26,28H,12-13,15-16,18H2,1-2H3,(H,29,33). The molecule has 2 unspecified atom stereocenters. The molecule has 2 aromatic rings. The maximum Gasteiger partial charge on any atom is 0.259 e. The van der Waals surface area contributed by atoms with E-state index in [0.717, 1.165) is 49.8 Å². The van der Waals surface area contributed by atoms with Crippen molar-refractivity contribution in [3.05, 3.63) is 78.0 Å². The van der Waals surface area contributed by atoms with Gasteiger partial charge in [0.1, 0.15) is 23.4 Å². The number of amides is 1. The van der Waals surface area contributed by atoms with Crippen molar-refractivity contribution in [1.29, 1.82) is 0 Å². The second-order valence-electron chi connectivity index (χ2n) is 8.77. The number of rotatable bonds is 7. The van der Waals surface area contributed by atoms with Crippen molar-refractivity contribution in [3.8, 4) is 11.5 Å². The third kappa shape index (κ3) is 4.80. The third-order valence-electron chi connectivity index (χ3n) is 6.70. The summed E-state index contributed by atoms with van der Waals surface area (Å²) in [6, 6.07) is 13.2. The molecular weight excluding hydrogens is 442 g/mol. The number of hydrogen-bond acceptors (Lipinski definition) is 7. The SMILES string of the molecule is COc1ccc(C(=O)Nc2ccccc2C2N=C3C=CC=CN3C2CN2CCNCC2)c(OC)c1. The van der Waals surface area contributed by atoms with Crippen LogP contribution in [0, 0.1) is 0 Å². The predicted octanol–water partition coefficient (Wildman–Crippen LogP) is 3.07. The lowest BCUT2D eigenvalue weighted by Crippen LogP contribution is -2.50. The predicted molar refractivity (Wildman–Crippen MR) is 137 cm³/mol. The molecule has 35 heavy (non-hydrogen) atoms. The monoisotopic (exact) mass is 473 g/mol. The number of amidine groups is 1. The number of anilines is 1. The molecule has 3 aliphatic rings. The van der Waals surface area contributed by atoms with Crippen LogP contribution in [0.15, 0.2) is 71.9 Å². The lowest BCUT2D eigenvalue weighted by atomic mass is 9.97. The topological polar surface area (TPSA) is 78.4 Å². The molecule has 8 heteroatoms. The van der Waals surface area contributed by atoms with Gasteiger partial charge in [0, 0.05) is 56.2 Å². The molecule has 3 heterocycles. The average Bonchev–Trinajstić information content (AvgIpc) is 3.27. The fourth-order valence-electron chi connectivity index (χ4n) is 4.88. The van der Waals surface area contributed by atoms with Gasteiger partial charge in [-0.3, -0.25) is 14.7 Å². The summed E-state index contributed by atoms with van der Waals surface area (Å²) in [6.07, 6.45) is 8.22. The van der Waals surface area contributed by atoms with E-state index in [2.05, 4.69) is 38.8 Å². The largest absolute Gasteiger partial charge is 0.497 e. The van der Waals surface area contributed by atoms with Gasteiger partial charge in [-0.15, -0.1) is 0 Å². The van der Waals surface area contributed by atoms with Gasteiger partial charge in [-0.05, 0) is 30.4 Å². The van der Waals surface area contributed by atoms with Crippen LogP contribution < -0.4 is 20.1 Å². The molecule has 0 radical (unpaired) electrons. The minimum Gasteiger partial charge on any atom is -0.497 e. The molecule has 1 fully saturated rings. The summed E-state index contributed by atoms with van der Waals surface area (Å²) >= 11 is 0. The van der Waals surface area contributed by atoms with Gasteiger partial charge in [0.15, 0.2) is 0 Å². The second kappa shape index (κ2) is 10.3. The molecule has 3 aliphatic heterocycles. The Morgan fingerprint density at radius 3 is 2.74 bits per heavy atom. The first-order valence-electron chi connectivity index (χ1n) is 11.9. The number of carbonyl (C=O) groups is 1. The highest BCUT2D eigenvalue weighted by Crippen LogP contribution is 2.37. The van der Waals surface area contributed by atoms with Crippen LogP contribution in [0.4, 0.5) is 5.69 Å². The molecule has 1 amide bonds. The van der Waals surface area contributed by atoms with Crippen LogP contribution in [0.25, 0.3) is 0 Å². The molecular formula is C27H31N5O3. The molecule has 0 aromatic heterocycles. The van der Waals surface area contributed by atoms with Crippen molar-refractivity contribution in [3.63, 3.8) is 0 Å². The molecule has 0 aliphatic carbocycles. The lowest BCUT2D eigenvalue weighted by Gasteiger charge is -2.35. The average molecular weight is 474 g/mol. The van der Waals surface area contributed by atoms with Crippen molar-refractivity contribution in [2.75, 3.05) is 52.3 Å². The fourth-order valence-corrected chi connectivity index (χ4v) is 4.88. The molecule has 2 atom stereocenters. The van der Waals surface area contributed by atoms with E-state index in [1.807, 2.05) is 30.4 Å². The zero-order valence-corrected chi connectivity index (χ0v) is 20.1. The van der Waals surface area contributed by atoms with E-state index in [-0.39, 0.29) is 18.0 Å². The number of methoxy groups -OCH3 is 2. The van der Waals surface area contributed by atoms with Gasteiger partial charge in [0.2, 0.25) is 0 Å². The molecule has 2 N–H and O–H groups in total. The summed E-state index contributed by atoms with van der Waals surface area (Å²) in [7, 11) is 3.13. The summed E-state index contributed by atoms with van der Waals surface area (Å²) in [5.74, 6) is 1.81. The van der Waals surface area contributed by atoms with Gasteiger partial charge in [-0.2, -0.15) is 0 Å². The number of nitrogens with zero attached hydrogens (tertiary/aromatic N) is 3. The van der Waals surface area contributed by atoms with Crippen LogP contribution in [0.5, 0.6) is 11.5 Å². The van der Waals surface area contributed by atoms with E-state index in [1.165, 1.54) is 0 Å². The highest BCUT2D eigenvalue weighted by Gasteiger charge is 2.38. The first-order valence-corrected chi connectivity index (χ1v) is 11.9. The zero-order valence-electron chi connectivity index (χ0n) is 20.1. The van der Waals surface area contributed by atoms with Crippen LogP contribution in [0.1, 0.15) is 22.0 Å². The van der Waals surface area contributed by atoms with E-state index in [1.54, 1.807) is 32.4 Å². The van der Waals surface area contributed by atoms with Gasteiger partial charge in [0.25, 0.3) is 5.91 Å². The molecule has 2 aromatic carbocycles. The molecule has 0 saturated carbocycles. The Bertz CT molecular complexity index is 1170. The summed E-state index contributed by atoms with van der Waals surface area (Å²) in [5, 5.41) is 6.54. The Kier molecular flexibility index (Phi) is 6.83. The minimum absolute atomic E-state index is 0.110. The van der Waals surface area contributed by atoms with Crippen molar-refractivity contribution in [2.45, 2.75) is 12.1 Å². The number of ether oxygens (including phenoxy) is 2. The van der Waals surface area contributed by atoms with Crippen molar-refractivity contribution in [2.24, 2.45) is 4.99 Å². The Morgan fingerprint density at radius 2 is 1.94 bits per heavy atom. The van der Waals surface area contributed by atoms with E-state index in [0.29, 0.717) is 17.1 Å². The fraction of sp³-hybridized carbons (Fsp3) is 0.333. The number of carbonyl (C=O) groups excluding carboxylic acids is 1. The van der Waals surface area contributed by atoms with Crippen LogP contribution in [0.2, 0.25) is 0 Å². The van der Waals surface area contributed by atoms with E-state index < -0.39 is 0 Å². The van der Waals surface area contributed by atoms with Gasteiger partial charge in [-0.25, -0.2) is 0 Å². The molecule has 0 spiro atoms. The maximum absolute atomic E-state index is 13.3. The number of allylic oxidation sites excluding steroid dienone is 2. The van der Waals surface area contributed by atoms with E-state index in [4.69, 9.17) is 14.5 Å². The van der Waals surface area contributed by atoms with Crippen molar-refractivity contribution in [1.82, 2.24) is 15.1 Å². The summed E-state index contributed by atoms with van der Waals surface area (Å²) in [6.45, 7) is 4.92. The van der Waals surface area contributed by atoms with Gasteiger partial charge >= 0.3 is 0 Å². The number of nitrogens with one attached hydrogen (secondary N) is 2. The zero-order chi connectivity index (χ0) is 24.2. The number of benzene rings is 2. The number of aliphatic imine (C=N–C) groups is 1. The summed E-state index contributed by atoms with van der Waals surface area (Å²) < 4.78 is 10.7. The quantitative estimate of drug-likeness (QED) is 0.644. The second-order valence-corrected chi connectivity index (χ2v) is 8.77. The van der Waals surface area contributed by atoms with Crippen LogP contribution in [-0.4, -0.2) is 74.5 Å². The number of piperazine rings is 1. The smallest absolute Gasteiger partial charge is 0.259 e. The first-order chi connectivity index (χ1) is 17.2. The summed E-state index contributed by atoms with van der Waals surface area (Å²) in [4.78, 5) is 23.1. The van der Waals surface area contributed by atoms with Crippen LogP contribution in [0.3, 0.4) is 0 Å². The molecule has 5 rings (SSSR count).